The van der Waals surface area contributed by atoms with Gasteiger partial charge in [0.1, 0.15) is 18.5 Å². The summed E-state index contributed by atoms with van der Waals surface area (Å²) in [6.45, 7) is 1.91. The molecule has 39 heavy (non-hydrogen) atoms. The maximum Gasteiger partial charge on any atom is 0.247 e. The molecule has 210 valence electrons. The Morgan fingerprint density at radius 3 is 2.59 bits per heavy atom. The van der Waals surface area contributed by atoms with Crippen LogP contribution < -0.4 is 14.8 Å². The van der Waals surface area contributed by atoms with Gasteiger partial charge in [-0.2, -0.15) is 0 Å². The highest BCUT2D eigenvalue weighted by Gasteiger charge is 2.40. The van der Waals surface area contributed by atoms with Gasteiger partial charge < -0.3 is 29.9 Å². The zero-order chi connectivity index (χ0) is 28.5. The highest BCUT2D eigenvalue weighted by atomic mass is 127. The summed E-state index contributed by atoms with van der Waals surface area (Å²) in [5.41, 5.74) is 1.52. The van der Waals surface area contributed by atoms with Gasteiger partial charge in [-0.1, -0.05) is 30.7 Å². The van der Waals surface area contributed by atoms with Gasteiger partial charge in [-0.15, -0.1) is 0 Å². The van der Waals surface area contributed by atoms with Gasteiger partial charge in [-0.3, -0.25) is 14.4 Å². The molecule has 0 heterocycles. The molecular weight excluding hydrogens is 639 g/mol. The molecule has 0 aliphatic heterocycles. The molecule has 0 radical (unpaired) electrons. The molecule has 3 N–H and O–H groups in total. The first kappa shape index (κ1) is 30.9. The number of carbonyl (C=O) groups excluding carboxylic acids is 3. The van der Waals surface area contributed by atoms with E-state index in [1.54, 1.807) is 23.1 Å². The quantitative estimate of drug-likeness (QED) is 0.233. The van der Waals surface area contributed by atoms with Gasteiger partial charge in [-0.25, -0.2) is 0 Å². The molecule has 2 amide bonds. The Morgan fingerprint density at radius 1 is 1.26 bits per heavy atom. The van der Waals surface area contributed by atoms with Crippen molar-refractivity contribution in [1.82, 2.24) is 10.2 Å². The van der Waals surface area contributed by atoms with Crippen LogP contribution in [0.4, 0.5) is 0 Å². The zero-order valence-electron chi connectivity index (χ0n) is 21.7. The number of hydrogen-bond acceptors (Lipinski definition) is 7. The topological polar surface area (TPSA) is 125 Å². The number of rotatable bonds is 12. The Bertz CT molecular complexity index is 1210. The van der Waals surface area contributed by atoms with Crippen LogP contribution in [0.5, 0.6) is 11.5 Å². The lowest BCUT2D eigenvalue weighted by atomic mass is 9.87. The van der Waals surface area contributed by atoms with Gasteiger partial charge in [0.25, 0.3) is 0 Å². The van der Waals surface area contributed by atoms with Crippen molar-refractivity contribution in [2.45, 2.75) is 51.0 Å². The average molecular weight is 671 g/mol. The molecule has 2 aromatic rings. The largest absolute Gasteiger partial charge is 0.493 e. The molecule has 0 fully saturated rings. The molecule has 3 atom stereocenters. The van der Waals surface area contributed by atoms with Gasteiger partial charge in [0.15, 0.2) is 11.5 Å². The molecule has 11 heteroatoms. The fourth-order valence-corrected chi connectivity index (χ4v) is 5.25. The van der Waals surface area contributed by atoms with Crippen molar-refractivity contribution in [3.63, 3.8) is 0 Å². The molecule has 0 saturated carbocycles. The van der Waals surface area contributed by atoms with Crippen LogP contribution in [0.15, 0.2) is 48.0 Å². The number of halogens is 2. The van der Waals surface area contributed by atoms with Crippen LogP contribution in [0, 0.1) is 3.57 Å². The predicted octanol–water partition coefficient (Wildman–Crippen LogP) is 3.51. The molecule has 0 spiro atoms. The van der Waals surface area contributed by atoms with E-state index in [4.69, 9.17) is 21.1 Å². The second-order valence-corrected chi connectivity index (χ2v) is 10.7. The molecule has 1 aliphatic rings. The maximum absolute atomic E-state index is 13.3. The Labute approximate surface area is 246 Å². The van der Waals surface area contributed by atoms with Gasteiger partial charge in [0, 0.05) is 42.1 Å². The third kappa shape index (κ3) is 7.93. The third-order valence-electron chi connectivity index (χ3n) is 6.31. The lowest BCUT2D eigenvalue weighted by Gasteiger charge is -2.40. The minimum atomic E-state index is -1.20. The van der Waals surface area contributed by atoms with Crippen molar-refractivity contribution in [2.75, 3.05) is 20.3 Å². The molecule has 2 aromatic carbocycles. The second-order valence-electron chi connectivity index (χ2n) is 9.07. The number of aliphatic hydroxyl groups is 2. The van der Waals surface area contributed by atoms with E-state index >= 15 is 0 Å². The first-order valence-corrected chi connectivity index (χ1v) is 14.0. The van der Waals surface area contributed by atoms with Gasteiger partial charge in [-0.05, 0) is 64.9 Å². The molecule has 0 aromatic heterocycles. The first-order chi connectivity index (χ1) is 18.7. The van der Waals surface area contributed by atoms with Crippen molar-refractivity contribution in [2.24, 2.45) is 0 Å². The van der Waals surface area contributed by atoms with Crippen LogP contribution in [0.25, 0.3) is 0 Å². The van der Waals surface area contributed by atoms with E-state index in [2.05, 4.69) is 5.32 Å². The van der Waals surface area contributed by atoms with Crippen LogP contribution in [0.2, 0.25) is 5.02 Å². The molecule has 3 rings (SSSR count). The van der Waals surface area contributed by atoms with Crippen LogP contribution in [0.3, 0.4) is 0 Å². The number of carbonyl (C=O) groups is 3. The van der Waals surface area contributed by atoms with E-state index in [1.165, 1.54) is 19.3 Å². The number of ether oxygens (including phenoxy) is 2. The predicted molar refractivity (Wildman–Crippen MR) is 155 cm³/mol. The Balaban J connectivity index is 2.03. The van der Waals surface area contributed by atoms with Crippen LogP contribution >= 0.6 is 34.2 Å². The standard InChI is InChI=1S/C28H32ClIN2O7/c1-3-4-25(35)32(15-17-5-7-20(29)8-6-17)22-13-19(28(37)31-9-10-33)14-23(26(22)36)39-27-21(30)11-18(16-34)12-24(27)38-2/h5-8,11-12,14,16,22-23,26,33,36H,3-4,9-10,13,15H2,1-2H3,(H,31,37)/t22-,23+,26+/m1/s1. The molecule has 0 bridgehead atoms. The summed E-state index contributed by atoms with van der Waals surface area (Å²) in [6.07, 6.45) is 0.955. The summed E-state index contributed by atoms with van der Waals surface area (Å²) in [4.78, 5) is 39.2. The van der Waals surface area contributed by atoms with Crippen molar-refractivity contribution in [1.29, 1.82) is 0 Å². The highest BCUT2D eigenvalue weighted by Crippen LogP contribution is 2.37. The SMILES string of the molecule is CCCC(=O)N(Cc1ccc(Cl)cc1)[C@@H]1CC(C(=O)NCCO)=C[C@H](Oc2c(I)cc(C=O)cc2OC)[C@H]1O. The monoisotopic (exact) mass is 670 g/mol. The summed E-state index contributed by atoms with van der Waals surface area (Å²) < 4.78 is 12.2. The zero-order valence-corrected chi connectivity index (χ0v) is 24.6. The molecule has 9 nitrogen and oxygen atoms in total. The number of methoxy groups -OCH3 is 1. The summed E-state index contributed by atoms with van der Waals surface area (Å²) in [6, 6.07) is 9.43. The van der Waals surface area contributed by atoms with E-state index in [9.17, 15) is 24.6 Å². The van der Waals surface area contributed by atoms with Crippen molar-refractivity contribution in [3.8, 4) is 11.5 Å². The number of nitrogens with zero attached hydrogens (tertiary/aromatic N) is 1. The minimum Gasteiger partial charge on any atom is -0.493 e. The van der Waals surface area contributed by atoms with E-state index in [0.29, 0.717) is 38.2 Å². The highest BCUT2D eigenvalue weighted by molar-refractivity contribution is 14.1. The van der Waals surface area contributed by atoms with E-state index in [-0.39, 0.29) is 44.2 Å². The number of benzene rings is 2. The fraction of sp³-hybridized carbons (Fsp3) is 0.393. The smallest absolute Gasteiger partial charge is 0.247 e. The number of hydrogen-bond donors (Lipinski definition) is 3. The number of nitrogens with one attached hydrogen (secondary N) is 1. The fourth-order valence-electron chi connectivity index (χ4n) is 4.37. The second kappa shape index (κ2) is 14.6. The summed E-state index contributed by atoms with van der Waals surface area (Å²) in [5.74, 6) is -0.0151. The van der Waals surface area contributed by atoms with Gasteiger partial charge in [0.05, 0.1) is 23.3 Å². The lowest BCUT2D eigenvalue weighted by Crippen LogP contribution is -2.54. The number of aliphatic hydroxyl groups excluding tert-OH is 2. The van der Waals surface area contributed by atoms with Gasteiger partial charge in [0.2, 0.25) is 11.8 Å². The Morgan fingerprint density at radius 2 is 1.97 bits per heavy atom. The van der Waals surface area contributed by atoms with E-state index in [1.807, 2.05) is 41.6 Å². The maximum atomic E-state index is 13.3. The summed E-state index contributed by atoms with van der Waals surface area (Å²) in [5, 5.41) is 24.0. The number of aldehydes is 1. The Kier molecular flexibility index (Phi) is 11.6. The third-order valence-corrected chi connectivity index (χ3v) is 7.36. The molecular formula is C28H32ClIN2O7. The first-order valence-electron chi connectivity index (χ1n) is 12.5. The van der Waals surface area contributed by atoms with Crippen molar-refractivity contribution < 1.29 is 34.1 Å². The lowest BCUT2D eigenvalue weighted by molar-refractivity contribution is -0.139. The van der Waals surface area contributed by atoms with Crippen LogP contribution in [-0.2, 0) is 16.1 Å². The summed E-state index contributed by atoms with van der Waals surface area (Å²) in [7, 11) is 1.44. The average Bonchev–Trinajstić information content (AvgIpc) is 2.93. The number of amides is 2. The molecule has 0 unspecified atom stereocenters. The van der Waals surface area contributed by atoms with Crippen LogP contribution in [-0.4, -0.2) is 71.7 Å². The van der Waals surface area contributed by atoms with Crippen molar-refractivity contribution >= 4 is 52.3 Å². The Hall–Kier alpha value is -2.67. The minimum absolute atomic E-state index is 0.0526. The normalized spacial score (nSPS) is 18.6. The van der Waals surface area contributed by atoms with E-state index < -0.39 is 24.2 Å². The molecule has 1 aliphatic carbocycles. The van der Waals surface area contributed by atoms with E-state index in [0.717, 1.165) is 5.56 Å². The van der Waals surface area contributed by atoms with Crippen molar-refractivity contribution in [3.05, 3.63) is 67.8 Å². The van der Waals surface area contributed by atoms with Gasteiger partial charge >= 0.3 is 0 Å². The molecule has 0 saturated heterocycles. The van der Waals surface area contributed by atoms with Crippen LogP contribution in [0.1, 0.15) is 42.1 Å². The summed E-state index contributed by atoms with van der Waals surface area (Å²) >= 11 is 8.05.